The summed E-state index contributed by atoms with van der Waals surface area (Å²) in [4.78, 5) is 0. The van der Waals surface area contributed by atoms with Gasteiger partial charge in [-0.1, -0.05) is 6.08 Å². The molecule has 0 aliphatic carbocycles. The molecule has 0 amide bonds. The lowest BCUT2D eigenvalue weighted by molar-refractivity contribution is -0.671. The molecule has 6 heteroatoms. The standard InChI is InChI=1S/C12H16N3OS.HI/c1-3-4-7-11-12(15(16)17-13-11)10-6-5-8-14(2)9-10;/h3,5-6,8-9,13,16H,1,4,7H2,2H3;1H/q+1;/p-1. The Morgan fingerprint density at radius 2 is 2.39 bits per heavy atom. The minimum atomic E-state index is 0. The van der Waals surface area contributed by atoms with Crippen molar-refractivity contribution in [2.75, 3.05) is 0 Å². The molecule has 0 spiro atoms. The summed E-state index contributed by atoms with van der Waals surface area (Å²) in [6.45, 7) is 3.72. The van der Waals surface area contributed by atoms with Crippen molar-refractivity contribution < 1.29 is 33.8 Å². The molecule has 2 heterocycles. The zero-order chi connectivity index (χ0) is 12.3. The molecule has 0 saturated heterocycles. The Balaban J connectivity index is 0.00000162. The molecule has 1 aliphatic heterocycles. The third kappa shape index (κ3) is 3.39. The van der Waals surface area contributed by atoms with Crippen LogP contribution in [0.5, 0.6) is 0 Å². The number of halogens is 1. The van der Waals surface area contributed by atoms with Crippen molar-refractivity contribution in [3.05, 3.63) is 48.4 Å². The van der Waals surface area contributed by atoms with Crippen molar-refractivity contribution in [2.24, 2.45) is 7.05 Å². The Hall–Kier alpha value is -0.730. The number of pyridine rings is 1. The number of hydrogen-bond donors (Lipinski definition) is 2. The van der Waals surface area contributed by atoms with Crippen molar-refractivity contribution in [1.82, 2.24) is 9.19 Å². The summed E-state index contributed by atoms with van der Waals surface area (Å²) < 4.78 is 6.26. The maximum absolute atomic E-state index is 9.84. The number of rotatable bonds is 4. The van der Waals surface area contributed by atoms with Gasteiger partial charge in [0.25, 0.3) is 0 Å². The fourth-order valence-corrected chi connectivity index (χ4v) is 2.44. The molecule has 0 radical (unpaired) electrons. The van der Waals surface area contributed by atoms with Gasteiger partial charge in [-0.15, -0.1) is 6.58 Å². The second-order valence-corrected chi connectivity index (χ2v) is 4.61. The fraction of sp³-hybridized carbons (Fsp3) is 0.250. The summed E-state index contributed by atoms with van der Waals surface area (Å²) in [7, 11) is 1.96. The minimum Gasteiger partial charge on any atom is -1.00 e. The van der Waals surface area contributed by atoms with Gasteiger partial charge < -0.3 is 28.7 Å². The highest BCUT2D eigenvalue weighted by Crippen LogP contribution is 2.33. The van der Waals surface area contributed by atoms with Gasteiger partial charge in [0.15, 0.2) is 12.4 Å². The van der Waals surface area contributed by atoms with Gasteiger partial charge in [-0.25, -0.2) is 4.57 Å². The van der Waals surface area contributed by atoms with Crippen molar-refractivity contribution in [1.29, 1.82) is 0 Å². The van der Waals surface area contributed by atoms with E-state index in [0.29, 0.717) is 0 Å². The molecule has 2 N–H and O–H groups in total. The third-order valence-electron chi connectivity index (χ3n) is 2.54. The lowest BCUT2D eigenvalue weighted by atomic mass is 10.1. The number of allylic oxidation sites excluding steroid dienone is 2. The Labute approximate surface area is 129 Å². The van der Waals surface area contributed by atoms with Crippen molar-refractivity contribution in [3.63, 3.8) is 0 Å². The molecular weight excluding hydrogens is 361 g/mol. The van der Waals surface area contributed by atoms with Crippen LogP contribution in [0.25, 0.3) is 5.70 Å². The van der Waals surface area contributed by atoms with Gasteiger partial charge in [-0.3, -0.25) is 5.21 Å². The molecule has 4 nitrogen and oxygen atoms in total. The number of nitrogens with zero attached hydrogens (tertiary/aromatic N) is 2. The minimum absolute atomic E-state index is 0. The van der Waals surface area contributed by atoms with E-state index in [2.05, 4.69) is 11.3 Å². The van der Waals surface area contributed by atoms with Gasteiger partial charge in [-0.05, 0) is 18.9 Å². The molecule has 0 atom stereocenters. The van der Waals surface area contributed by atoms with E-state index >= 15 is 0 Å². The third-order valence-corrected chi connectivity index (χ3v) is 3.24. The van der Waals surface area contributed by atoms with Crippen LogP contribution in [0.1, 0.15) is 18.4 Å². The van der Waals surface area contributed by atoms with Gasteiger partial charge in [-0.2, -0.15) is 4.47 Å². The number of aromatic nitrogens is 1. The molecule has 0 bridgehead atoms. The first kappa shape index (κ1) is 15.3. The van der Waals surface area contributed by atoms with Gasteiger partial charge in [0.2, 0.25) is 0 Å². The van der Waals surface area contributed by atoms with Crippen LogP contribution in [0.2, 0.25) is 0 Å². The Morgan fingerprint density at radius 1 is 1.61 bits per heavy atom. The van der Waals surface area contributed by atoms with E-state index in [1.165, 1.54) is 16.6 Å². The SMILES string of the molecule is C=CCCC1=C(c2ccc[n+](C)c2)N(O)SN1.[I-]. The second kappa shape index (κ2) is 7.01. The number of nitrogens with one attached hydrogen (secondary N) is 1. The molecule has 2 rings (SSSR count). The summed E-state index contributed by atoms with van der Waals surface area (Å²) in [5, 5.41) is 9.84. The van der Waals surface area contributed by atoms with E-state index in [1.807, 2.05) is 42.2 Å². The van der Waals surface area contributed by atoms with Crippen molar-refractivity contribution >= 4 is 17.8 Å². The Bertz CT molecular complexity index is 464. The van der Waals surface area contributed by atoms with E-state index in [0.717, 1.165) is 29.8 Å². The van der Waals surface area contributed by atoms with Crippen LogP contribution in [-0.4, -0.2) is 9.68 Å². The van der Waals surface area contributed by atoms with Crippen LogP contribution in [-0.2, 0) is 7.05 Å². The molecular formula is C12H16IN3OS. The summed E-state index contributed by atoms with van der Waals surface area (Å²) in [5.41, 5.74) is 2.85. The normalized spacial score (nSPS) is 14.2. The zero-order valence-electron chi connectivity index (χ0n) is 10.1. The van der Waals surface area contributed by atoms with Gasteiger partial charge in [0, 0.05) is 6.07 Å². The molecule has 0 saturated carbocycles. The lowest BCUT2D eigenvalue weighted by Gasteiger charge is -2.09. The predicted molar refractivity (Wildman–Crippen MR) is 68.3 cm³/mol. The average Bonchev–Trinajstić information content (AvgIpc) is 2.68. The van der Waals surface area contributed by atoms with Crippen LogP contribution < -0.4 is 33.3 Å². The molecule has 0 fully saturated rings. The number of aryl methyl sites for hydroxylation is 1. The first-order valence-corrected chi connectivity index (χ1v) is 6.21. The lowest BCUT2D eigenvalue weighted by Crippen LogP contribution is -3.00. The van der Waals surface area contributed by atoms with Crippen LogP contribution in [0, 0.1) is 0 Å². The summed E-state index contributed by atoms with van der Waals surface area (Å²) in [5.74, 6) is 0. The molecule has 1 aliphatic rings. The molecule has 1 aromatic heterocycles. The highest BCUT2D eigenvalue weighted by atomic mass is 127. The molecule has 18 heavy (non-hydrogen) atoms. The van der Waals surface area contributed by atoms with Crippen LogP contribution in [0.4, 0.5) is 0 Å². The largest absolute Gasteiger partial charge is 1.00 e. The highest BCUT2D eigenvalue weighted by Gasteiger charge is 2.24. The average molecular weight is 377 g/mol. The molecule has 98 valence electrons. The molecule has 1 aromatic rings. The monoisotopic (exact) mass is 377 g/mol. The van der Waals surface area contributed by atoms with E-state index in [-0.39, 0.29) is 24.0 Å². The quantitative estimate of drug-likeness (QED) is 0.306. The van der Waals surface area contributed by atoms with E-state index in [4.69, 9.17) is 0 Å². The van der Waals surface area contributed by atoms with Gasteiger partial charge in [0.05, 0.1) is 23.4 Å². The van der Waals surface area contributed by atoms with E-state index in [1.54, 1.807) is 0 Å². The first-order valence-electron chi connectivity index (χ1n) is 5.44. The summed E-state index contributed by atoms with van der Waals surface area (Å²) in [6, 6.07) is 3.95. The van der Waals surface area contributed by atoms with Crippen LogP contribution in [0.3, 0.4) is 0 Å². The Kier molecular flexibility index (Phi) is 5.97. The summed E-state index contributed by atoms with van der Waals surface area (Å²) in [6.07, 6.45) is 7.56. The van der Waals surface area contributed by atoms with E-state index < -0.39 is 0 Å². The van der Waals surface area contributed by atoms with Gasteiger partial charge >= 0.3 is 0 Å². The molecule has 0 unspecified atom stereocenters. The summed E-state index contributed by atoms with van der Waals surface area (Å²) >= 11 is 1.19. The fourth-order valence-electron chi connectivity index (χ4n) is 1.74. The maximum Gasteiger partial charge on any atom is 0.178 e. The predicted octanol–water partition coefficient (Wildman–Crippen LogP) is -0.992. The van der Waals surface area contributed by atoms with Gasteiger partial charge in [0.1, 0.15) is 12.7 Å². The maximum atomic E-state index is 9.84. The number of hydrogen-bond acceptors (Lipinski definition) is 4. The van der Waals surface area contributed by atoms with Crippen molar-refractivity contribution in [3.8, 4) is 0 Å². The van der Waals surface area contributed by atoms with Crippen LogP contribution in [0.15, 0.2) is 42.9 Å². The van der Waals surface area contributed by atoms with Crippen molar-refractivity contribution in [2.45, 2.75) is 12.8 Å². The highest BCUT2D eigenvalue weighted by molar-refractivity contribution is 7.95. The smallest absolute Gasteiger partial charge is 0.178 e. The number of hydroxylamine groups is 1. The first-order chi connectivity index (χ1) is 8.22. The van der Waals surface area contributed by atoms with E-state index in [9.17, 15) is 5.21 Å². The topological polar surface area (TPSA) is 39.4 Å². The zero-order valence-corrected chi connectivity index (χ0v) is 13.1. The van der Waals surface area contributed by atoms with Crippen LogP contribution >= 0.6 is 12.1 Å². The molecule has 0 aromatic carbocycles. The second-order valence-electron chi connectivity index (χ2n) is 3.88. The Morgan fingerprint density at radius 3 is 3.06 bits per heavy atom.